The molecule has 0 spiro atoms. The number of carbonyl (C=O) groups is 2. The molecule has 7 nitrogen and oxygen atoms in total. The van der Waals surface area contributed by atoms with Crippen molar-refractivity contribution in [1.29, 1.82) is 0 Å². The lowest BCUT2D eigenvalue weighted by atomic mass is 9.79. The van der Waals surface area contributed by atoms with Crippen LogP contribution in [0.15, 0.2) is 48.0 Å². The molecule has 1 fully saturated rings. The molecule has 0 radical (unpaired) electrons. The van der Waals surface area contributed by atoms with Crippen molar-refractivity contribution in [3.05, 3.63) is 59.2 Å². The maximum absolute atomic E-state index is 13.1. The molecule has 0 bridgehead atoms. The quantitative estimate of drug-likeness (QED) is 0.616. The number of hydrogen-bond donors (Lipinski definition) is 1. The molecule has 1 N–H and O–H groups in total. The van der Waals surface area contributed by atoms with Crippen LogP contribution in [0.5, 0.6) is 0 Å². The summed E-state index contributed by atoms with van der Waals surface area (Å²) in [5.74, 6) is -0.0214. The Morgan fingerprint density at radius 1 is 1.26 bits per heavy atom. The van der Waals surface area contributed by atoms with Gasteiger partial charge >= 0.3 is 0 Å². The summed E-state index contributed by atoms with van der Waals surface area (Å²) in [6.45, 7) is 5.45. The van der Waals surface area contributed by atoms with Gasteiger partial charge in [0.1, 0.15) is 6.54 Å². The van der Waals surface area contributed by atoms with Gasteiger partial charge < -0.3 is 10.2 Å². The highest BCUT2D eigenvalue weighted by Gasteiger charge is 2.45. The van der Waals surface area contributed by atoms with Crippen LogP contribution in [0.25, 0.3) is 10.4 Å². The predicted octanol–water partition coefficient (Wildman–Crippen LogP) is 2.91. The minimum absolute atomic E-state index is 0.0171. The molecule has 1 atom stereocenters. The van der Waals surface area contributed by atoms with Crippen LogP contribution in [0.3, 0.4) is 0 Å². The number of thiophene rings is 1. The van der Waals surface area contributed by atoms with E-state index in [9.17, 15) is 9.59 Å². The summed E-state index contributed by atoms with van der Waals surface area (Å²) in [7, 11) is 0. The number of likely N-dealkylation sites (tertiary alicyclic amines) is 1. The van der Waals surface area contributed by atoms with E-state index in [1.54, 1.807) is 27.1 Å². The highest BCUT2D eigenvalue weighted by Crippen LogP contribution is 2.36. The van der Waals surface area contributed by atoms with E-state index in [2.05, 4.69) is 45.3 Å². The molecule has 1 aliphatic heterocycles. The van der Waals surface area contributed by atoms with Crippen LogP contribution in [0, 0.1) is 12.3 Å². The Hall–Kier alpha value is -3.00. The summed E-state index contributed by atoms with van der Waals surface area (Å²) in [4.78, 5) is 29.0. The molecular formula is C23H27N5O2S. The maximum Gasteiger partial charge on any atom is 0.244 e. The van der Waals surface area contributed by atoms with Crippen LogP contribution in [-0.4, -0.2) is 51.3 Å². The molecule has 1 aromatic carbocycles. The third-order valence-corrected chi connectivity index (χ3v) is 6.67. The molecule has 2 aromatic heterocycles. The summed E-state index contributed by atoms with van der Waals surface area (Å²) < 4.78 is 1.55. The highest BCUT2D eigenvalue weighted by molar-refractivity contribution is 7.13. The van der Waals surface area contributed by atoms with Gasteiger partial charge in [0.05, 0.1) is 11.1 Å². The third kappa shape index (κ3) is 4.69. The SMILES string of the molecule is CCNC(=O)[C@@]1(Cc2cccc(-c3cccs3)c2)CCN(C(=O)Cn2cc(C)nn2)C1. The fraction of sp³-hybridized carbons (Fsp3) is 0.391. The molecule has 162 valence electrons. The van der Waals surface area contributed by atoms with Gasteiger partial charge in [-0.25, -0.2) is 4.68 Å². The number of aromatic nitrogens is 3. The highest BCUT2D eigenvalue weighted by atomic mass is 32.1. The second-order valence-corrected chi connectivity index (χ2v) is 9.06. The minimum atomic E-state index is -0.627. The molecule has 1 aliphatic rings. The van der Waals surface area contributed by atoms with Crippen LogP contribution in [0.2, 0.25) is 0 Å². The van der Waals surface area contributed by atoms with E-state index in [1.807, 2.05) is 26.0 Å². The number of amides is 2. The first-order valence-electron chi connectivity index (χ1n) is 10.5. The third-order valence-electron chi connectivity index (χ3n) is 5.75. The summed E-state index contributed by atoms with van der Waals surface area (Å²) in [6.07, 6.45) is 3.00. The molecule has 8 heteroatoms. The molecule has 3 aromatic rings. The Labute approximate surface area is 186 Å². The molecule has 31 heavy (non-hydrogen) atoms. The average molecular weight is 438 g/mol. The van der Waals surface area contributed by atoms with Gasteiger partial charge in [0.2, 0.25) is 11.8 Å². The standard InChI is InChI=1S/C23H27N5O2S/c1-3-24-22(30)23(13-18-6-4-7-19(12-18)20-8-5-11-31-20)9-10-27(16-23)21(29)15-28-14-17(2)25-26-28/h4-8,11-12,14H,3,9-10,13,15-16H2,1-2H3,(H,24,30)/t23-/m1/s1. The molecule has 1 saturated heterocycles. The van der Waals surface area contributed by atoms with Gasteiger partial charge in [0.25, 0.3) is 0 Å². The van der Waals surface area contributed by atoms with Gasteiger partial charge in [0.15, 0.2) is 0 Å². The van der Waals surface area contributed by atoms with Crippen molar-refractivity contribution in [3.63, 3.8) is 0 Å². The zero-order chi connectivity index (χ0) is 21.8. The first-order valence-corrected chi connectivity index (χ1v) is 11.4. The molecular weight excluding hydrogens is 410 g/mol. The van der Waals surface area contributed by atoms with Crippen molar-refractivity contribution in [2.45, 2.75) is 33.2 Å². The van der Waals surface area contributed by atoms with E-state index in [4.69, 9.17) is 0 Å². The number of carbonyl (C=O) groups excluding carboxylic acids is 2. The fourth-order valence-electron chi connectivity index (χ4n) is 4.22. The number of rotatable bonds is 7. The zero-order valence-electron chi connectivity index (χ0n) is 17.9. The van der Waals surface area contributed by atoms with Gasteiger partial charge in [-0.2, -0.15) is 0 Å². The largest absolute Gasteiger partial charge is 0.356 e. The minimum Gasteiger partial charge on any atom is -0.356 e. The van der Waals surface area contributed by atoms with E-state index in [0.29, 0.717) is 32.5 Å². The zero-order valence-corrected chi connectivity index (χ0v) is 18.7. The summed E-state index contributed by atoms with van der Waals surface area (Å²) >= 11 is 1.70. The van der Waals surface area contributed by atoms with Crippen LogP contribution >= 0.6 is 11.3 Å². The van der Waals surface area contributed by atoms with Gasteiger partial charge in [-0.15, -0.1) is 16.4 Å². The average Bonchev–Trinajstić information content (AvgIpc) is 3.50. The van der Waals surface area contributed by atoms with Crippen molar-refractivity contribution in [2.24, 2.45) is 5.41 Å². The number of nitrogens with one attached hydrogen (secondary N) is 1. The lowest BCUT2D eigenvalue weighted by Gasteiger charge is -2.28. The second kappa shape index (κ2) is 9.01. The molecule has 3 heterocycles. The lowest BCUT2D eigenvalue weighted by molar-refractivity contribution is -0.133. The van der Waals surface area contributed by atoms with Crippen LogP contribution in [-0.2, 0) is 22.6 Å². The van der Waals surface area contributed by atoms with Crippen molar-refractivity contribution in [1.82, 2.24) is 25.2 Å². The number of nitrogens with zero attached hydrogens (tertiary/aromatic N) is 4. The smallest absolute Gasteiger partial charge is 0.244 e. The molecule has 2 amide bonds. The predicted molar refractivity (Wildman–Crippen MR) is 121 cm³/mol. The maximum atomic E-state index is 13.1. The van der Waals surface area contributed by atoms with Crippen molar-refractivity contribution >= 4 is 23.2 Å². The molecule has 4 rings (SSSR count). The Morgan fingerprint density at radius 3 is 2.84 bits per heavy atom. The van der Waals surface area contributed by atoms with Gasteiger partial charge in [0, 0.05) is 30.7 Å². The Kier molecular flexibility index (Phi) is 6.18. The first-order chi connectivity index (χ1) is 15.0. The van der Waals surface area contributed by atoms with Crippen molar-refractivity contribution < 1.29 is 9.59 Å². The topological polar surface area (TPSA) is 80.1 Å². The fourth-order valence-corrected chi connectivity index (χ4v) is 4.95. The molecule has 0 saturated carbocycles. The lowest BCUT2D eigenvalue weighted by Crippen LogP contribution is -2.45. The Balaban J connectivity index is 1.53. The molecule has 0 unspecified atom stereocenters. The van der Waals surface area contributed by atoms with E-state index >= 15 is 0 Å². The molecule has 0 aliphatic carbocycles. The first kappa shape index (κ1) is 21.2. The normalized spacial score (nSPS) is 18.3. The van der Waals surface area contributed by atoms with Crippen LogP contribution in [0.1, 0.15) is 24.6 Å². The van der Waals surface area contributed by atoms with Crippen molar-refractivity contribution in [2.75, 3.05) is 19.6 Å². The van der Waals surface area contributed by atoms with Gasteiger partial charge in [-0.3, -0.25) is 9.59 Å². The van der Waals surface area contributed by atoms with Crippen molar-refractivity contribution in [3.8, 4) is 10.4 Å². The second-order valence-electron chi connectivity index (χ2n) is 8.12. The monoisotopic (exact) mass is 437 g/mol. The Bertz CT molecular complexity index is 1060. The van der Waals surface area contributed by atoms with E-state index in [1.165, 1.54) is 4.88 Å². The Morgan fingerprint density at radius 2 is 2.13 bits per heavy atom. The number of hydrogen-bond acceptors (Lipinski definition) is 5. The number of benzene rings is 1. The van der Waals surface area contributed by atoms with E-state index in [0.717, 1.165) is 16.8 Å². The summed E-state index contributed by atoms with van der Waals surface area (Å²) in [6, 6.07) is 12.5. The van der Waals surface area contributed by atoms with Gasteiger partial charge in [-0.1, -0.05) is 35.5 Å². The van der Waals surface area contributed by atoms with E-state index < -0.39 is 5.41 Å². The summed E-state index contributed by atoms with van der Waals surface area (Å²) in [5.41, 5.74) is 2.42. The number of aryl methyl sites for hydroxylation is 1. The van der Waals surface area contributed by atoms with Crippen LogP contribution < -0.4 is 5.32 Å². The summed E-state index contributed by atoms with van der Waals surface area (Å²) in [5, 5.41) is 13.0. The van der Waals surface area contributed by atoms with E-state index in [-0.39, 0.29) is 18.4 Å². The van der Waals surface area contributed by atoms with Gasteiger partial charge in [-0.05, 0) is 49.3 Å². The van der Waals surface area contributed by atoms with Crippen LogP contribution in [0.4, 0.5) is 0 Å².